The average molecular weight is 317 g/mol. The molecule has 2 heterocycles. The first-order valence-corrected chi connectivity index (χ1v) is 7.94. The van der Waals surface area contributed by atoms with Gasteiger partial charge in [-0.25, -0.2) is 0 Å². The number of likely N-dealkylation sites (tertiary alicyclic amines) is 1. The van der Waals surface area contributed by atoms with Crippen LogP contribution in [0.5, 0.6) is 0 Å². The van der Waals surface area contributed by atoms with Crippen molar-refractivity contribution < 1.29 is 9.59 Å². The maximum Gasteiger partial charge on any atom is 0.241 e. The van der Waals surface area contributed by atoms with Gasteiger partial charge in [0.25, 0.3) is 0 Å². The highest BCUT2D eigenvalue weighted by Gasteiger charge is 2.50. The van der Waals surface area contributed by atoms with E-state index in [0.717, 1.165) is 26.1 Å². The van der Waals surface area contributed by atoms with E-state index >= 15 is 0 Å². The van der Waals surface area contributed by atoms with Crippen LogP contribution in [0.4, 0.5) is 0 Å². The number of amides is 2. The first-order chi connectivity index (χ1) is 10.6. The molecule has 5 nitrogen and oxygen atoms in total. The largest absolute Gasteiger partial charge is 0.303 e. The van der Waals surface area contributed by atoms with Crippen LogP contribution in [-0.4, -0.2) is 41.5 Å². The molecule has 2 fully saturated rings. The van der Waals surface area contributed by atoms with Gasteiger partial charge < -0.3 is 15.5 Å². The summed E-state index contributed by atoms with van der Waals surface area (Å²) in [5, 5.41) is 5.29. The average Bonchev–Trinajstić information content (AvgIpc) is 2.53. The molecule has 1 spiro atoms. The van der Waals surface area contributed by atoms with Gasteiger partial charge in [0, 0.05) is 6.54 Å². The summed E-state index contributed by atoms with van der Waals surface area (Å²) in [4.78, 5) is 26.7. The second-order valence-corrected chi connectivity index (χ2v) is 6.30. The Kier molecular flexibility index (Phi) is 4.22. The predicted octanol–water partition coefficient (Wildman–Crippen LogP) is 0.842. The fourth-order valence-electron chi connectivity index (χ4n) is 3.12. The van der Waals surface area contributed by atoms with Crippen LogP contribution in [0, 0.1) is 5.41 Å². The van der Waals surface area contributed by atoms with Crippen molar-refractivity contribution in [2.45, 2.75) is 19.3 Å². The minimum Gasteiger partial charge on any atom is -0.303 e. The molecular formula is C16H19N3O2S. The minimum absolute atomic E-state index is 0.118. The Hall–Kier alpha value is -1.79. The summed E-state index contributed by atoms with van der Waals surface area (Å²) in [5.41, 5.74) is 0.368. The summed E-state index contributed by atoms with van der Waals surface area (Å²) in [6.07, 6.45) is 2.07. The van der Waals surface area contributed by atoms with Crippen LogP contribution in [0.25, 0.3) is 0 Å². The number of hydrogen-bond donors (Lipinski definition) is 2. The van der Waals surface area contributed by atoms with Crippen molar-refractivity contribution in [2.75, 3.05) is 19.6 Å². The molecule has 0 bridgehead atoms. The van der Waals surface area contributed by atoms with Gasteiger partial charge in [-0.2, -0.15) is 0 Å². The zero-order valence-electron chi connectivity index (χ0n) is 12.3. The molecule has 0 unspecified atom stereocenters. The third-order valence-electron chi connectivity index (χ3n) is 4.59. The number of thiocarbonyl (C=S) groups is 1. The van der Waals surface area contributed by atoms with Crippen molar-refractivity contribution in [3.05, 3.63) is 35.9 Å². The second-order valence-electron chi connectivity index (χ2n) is 5.90. The van der Waals surface area contributed by atoms with Crippen LogP contribution in [0.1, 0.15) is 18.4 Å². The summed E-state index contributed by atoms with van der Waals surface area (Å²) in [5.74, 6) is -0.493. The first-order valence-electron chi connectivity index (χ1n) is 7.53. The van der Waals surface area contributed by atoms with Crippen molar-refractivity contribution in [2.24, 2.45) is 5.41 Å². The smallest absolute Gasteiger partial charge is 0.241 e. The number of rotatable bonds is 3. The summed E-state index contributed by atoms with van der Waals surface area (Å²) in [7, 11) is 0. The van der Waals surface area contributed by atoms with Gasteiger partial charge in [0.1, 0.15) is 5.41 Å². The Balaban J connectivity index is 1.57. The topological polar surface area (TPSA) is 61.4 Å². The van der Waals surface area contributed by atoms with Crippen LogP contribution in [0.15, 0.2) is 30.3 Å². The van der Waals surface area contributed by atoms with Crippen LogP contribution < -0.4 is 10.6 Å². The zero-order valence-corrected chi connectivity index (χ0v) is 13.1. The quantitative estimate of drug-likeness (QED) is 0.641. The molecule has 2 saturated heterocycles. The lowest BCUT2D eigenvalue weighted by Crippen LogP contribution is -2.64. The predicted molar refractivity (Wildman–Crippen MR) is 87.1 cm³/mol. The molecule has 0 aromatic heterocycles. The number of nitrogens with zero attached hydrogens (tertiary/aromatic N) is 1. The maximum absolute atomic E-state index is 12.2. The molecule has 6 heteroatoms. The number of carbonyl (C=O) groups excluding carboxylic acids is 2. The van der Waals surface area contributed by atoms with Gasteiger partial charge >= 0.3 is 0 Å². The number of carbonyl (C=O) groups is 2. The normalized spacial score (nSPS) is 21.5. The number of benzene rings is 1. The molecule has 2 N–H and O–H groups in total. The molecule has 0 radical (unpaired) electrons. The summed E-state index contributed by atoms with van der Waals surface area (Å²) in [6, 6.07) is 10.3. The SMILES string of the molecule is O=C1NC(=S)NC(=O)C12CCN(CCc1ccccc1)CC2. The molecule has 0 saturated carbocycles. The standard InChI is InChI=1S/C16H19N3O2S/c20-13-16(14(21)18-15(22)17-13)7-10-19(11-8-16)9-6-12-4-2-1-3-5-12/h1-5H,6-11H2,(H2,17,18,20,21,22). The van der Waals surface area contributed by atoms with Crippen LogP contribution in [0.2, 0.25) is 0 Å². The Bertz CT molecular complexity index is 573. The second kappa shape index (κ2) is 6.14. The van der Waals surface area contributed by atoms with Gasteiger partial charge in [-0.15, -0.1) is 0 Å². The highest BCUT2D eigenvalue weighted by molar-refractivity contribution is 7.80. The van der Waals surface area contributed by atoms with Gasteiger partial charge in [-0.3, -0.25) is 9.59 Å². The lowest BCUT2D eigenvalue weighted by Gasteiger charge is -2.41. The van der Waals surface area contributed by atoms with Crippen molar-refractivity contribution in [1.82, 2.24) is 15.5 Å². The monoisotopic (exact) mass is 317 g/mol. The molecule has 0 aliphatic carbocycles. The van der Waals surface area contributed by atoms with Gasteiger partial charge in [-0.1, -0.05) is 30.3 Å². The molecular weight excluding hydrogens is 298 g/mol. The molecule has 116 valence electrons. The molecule has 1 aromatic carbocycles. The summed E-state index contributed by atoms with van der Waals surface area (Å²) < 4.78 is 0. The lowest BCUT2D eigenvalue weighted by molar-refractivity contribution is -0.147. The Morgan fingerprint density at radius 1 is 1.05 bits per heavy atom. The van der Waals surface area contributed by atoms with Gasteiger partial charge in [0.2, 0.25) is 11.8 Å². The summed E-state index contributed by atoms with van der Waals surface area (Å²) >= 11 is 4.86. The van der Waals surface area contributed by atoms with Crippen LogP contribution >= 0.6 is 12.2 Å². The Morgan fingerprint density at radius 3 is 2.23 bits per heavy atom. The number of nitrogens with one attached hydrogen (secondary N) is 2. The third kappa shape index (κ3) is 2.89. The molecule has 22 heavy (non-hydrogen) atoms. The number of piperidine rings is 1. The molecule has 2 amide bonds. The van der Waals surface area contributed by atoms with E-state index < -0.39 is 5.41 Å². The number of hydrogen-bond acceptors (Lipinski definition) is 4. The fraction of sp³-hybridized carbons (Fsp3) is 0.438. The van der Waals surface area contributed by atoms with Crippen molar-refractivity contribution in [3.63, 3.8) is 0 Å². The van der Waals surface area contributed by atoms with Crippen molar-refractivity contribution in [3.8, 4) is 0 Å². The molecule has 1 aromatic rings. The highest BCUT2D eigenvalue weighted by Crippen LogP contribution is 2.33. The van der Waals surface area contributed by atoms with Crippen LogP contribution in [0.3, 0.4) is 0 Å². The molecule has 2 aliphatic rings. The minimum atomic E-state index is -0.939. The zero-order chi connectivity index (χ0) is 15.6. The van der Waals surface area contributed by atoms with E-state index in [2.05, 4.69) is 27.7 Å². The van der Waals surface area contributed by atoms with Gasteiger partial charge in [0.05, 0.1) is 0 Å². The fourth-order valence-corrected chi connectivity index (χ4v) is 3.31. The van der Waals surface area contributed by atoms with Gasteiger partial charge in [-0.05, 0) is 50.1 Å². The van der Waals surface area contributed by atoms with E-state index in [4.69, 9.17) is 12.2 Å². The maximum atomic E-state index is 12.2. The molecule has 0 atom stereocenters. The van der Waals surface area contributed by atoms with E-state index in [1.54, 1.807) is 0 Å². The molecule has 3 rings (SSSR count). The van der Waals surface area contributed by atoms with E-state index in [1.807, 2.05) is 18.2 Å². The van der Waals surface area contributed by atoms with E-state index in [-0.39, 0.29) is 16.9 Å². The van der Waals surface area contributed by atoms with E-state index in [9.17, 15) is 9.59 Å². The third-order valence-corrected chi connectivity index (χ3v) is 4.80. The van der Waals surface area contributed by atoms with E-state index in [1.165, 1.54) is 5.56 Å². The van der Waals surface area contributed by atoms with Gasteiger partial charge in [0.15, 0.2) is 5.11 Å². The first kappa shape index (κ1) is 15.1. The Morgan fingerprint density at radius 2 is 1.64 bits per heavy atom. The van der Waals surface area contributed by atoms with Crippen LogP contribution in [-0.2, 0) is 16.0 Å². The lowest BCUT2D eigenvalue weighted by atomic mass is 9.75. The highest BCUT2D eigenvalue weighted by atomic mass is 32.1. The summed E-state index contributed by atoms with van der Waals surface area (Å²) in [6.45, 7) is 2.45. The Labute approximate surface area is 135 Å². The van der Waals surface area contributed by atoms with E-state index in [0.29, 0.717) is 12.8 Å². The van der Waals surface area contributed by atoms with Crippen molar-refractivity contribution in [1.29, 1.82) is 0 Å². The molecule has 2 aliphatic heterocycles. The van der Waals surface area contributed by atoms with Crippen molar-refractivity contribution >= 4 is 29.1 Å².